The fourth-order valence-electron chi connectivity index (χ4n) is 1.65. The van der Waals surface area contributed by atoms with Gasteiger partial charge in [-0.25, -0.2) is 4.79 Å². The van der Waals surface area contributed by atoms with Crippen LogP contribution in [0.25, 0.3) is 0 Å². The Morgan fingerprint density at radius 1 is 1.36 bits per heavy atom. The molecule has 0 unspecified atom stereocenters. The Morgan fingerprint density at radius 3 is 2.82 bits per heavy atom. The quantitative estimate of drug-likeness (QED) is 0.467. The van der Waals surface area contributed by atoms with Crippen molar-refractivity contribution in [2.45, 2.75) is 20.0 Å². The Bertz CT molecular complexity index is 613. The number of ether oxygens (including phenoxy) is 3. The van der Waals surface area contributed by atoms with Crippen LogP contribution in [0.1, 0.15) is 19.4 Å². The molecule has 0 fully saturated rings. The molecule has 1 aliphatic rings. The highest BCUT2D eigenvalue weighted by molar-refractivity contribution is 5.99. The molecule has 118 valence electrons. The summed E-state index contributed by atoms with van der Waals surface area (Å²) in [4.78, 5) is 27.0. The number of hydrogen-bond acceptors (Lipinski definition) is 7. The van der Waals surface area contributed by atoms with E-state index < -0.39 is 24.6 Å². The van der Waals surface area contributed by atoms with Gasteiger partial charge >= 0.3 is 5.97 Å². The number of nitrogens with two attached hydrogens (primary N) is 1. The largest absolute Gasteiger partial charge is 0.454 e. The second-order valence-electron chi connectivity index (χ2n) is 4.55. The standard InChI is InChI=1S/C14H16N2O6/c1-8(10-3-4-11-12(5-10)20-7-19-11)16-21-6-13(17)22-9(2)14(15)18/h3-5,9H,6-7H2,1-2H3,(H2,15,18)/b16-8-/t9-/m1/s1. The zero-order chi connectivity index (χ0) is 16.1. The van der Waals surface area contributed by atoms with Gasteiger partial charge in [0.1, 0.15) is 0 Å². The van der Waals surface area contributed by atoms with Gasteiger partial charge in [-0.15, -0.1) is 0 Å². The molecule has 0 saturated heterocycles. The van der Waals surface area contributed by atoms with Crippen LogP contribution in [0.3, 0.4) is 0 Å². The van der Waals surface area contributed by atoms with Gasteiger partial charge in [-0.1, -0.05) is 5.16 Å². The van der Waals surface area contributed by atoms with Crippen LogP contribution >= 0.6 is 0 Å². The summed E-state index contributed by atoms with van der Waals surface area (Å²) < 4.78 is 15.2. The van der Waals surface area contributed by atoms with Crippen molar-refractivity contribution in [1.82, 2.24) is 0 Å². The lowest BCUT2D eigenvalue weighted by Gasteiger charge is -2.08. The van der Waals surface area contributed by atoms with Crippen LogP contribution in [-0.4, -0.2) is 37.1 Å². The van der Waals surface area contributed by atoms with Crippen LogP contribution in [-0.2, 0) is 19.2 Å². The molecule has 1 aliphatic heterocycles. The lowest BCUT2D eigenvalue weighted by atomic mass is 10.1. The van der Waals surface area contributed by atoms with Crippen LogP contribution in [0.5, 0.6) is 11.5 Å². The van der Waals surface area contributed by atoms with Crippen LogP contribution < -0.4 is 15.2 Å². The van der Waals surface area contributed by atoms with Crippen LogP contribution in [0.15, 0.2) is 23.4 Å². The topological polar surface area (TPSA) is 109 Å². The first-order chi connectivity index (χ1) is 10.5. The SMILES string of the molecule is C/C(=N/OCC(=O)O[C@H](C)C(N)=O)c1ccc2c(c1)OCO2. The highest BCUT2D eigenvalue weighted by Crippen LogP contribution is 2.32. The van der Waals surface area contributed by atoms with E-state index in [9.17, 15) is 9.59 Å². The molecule has 22 heavy (non-hydrogen) atoms. The molecule has 1 amide bonds. The van der Waals surface area contributed by atoms with Gasteiger partial charge < -0.3 is 24.8 Å². The highest BCUT2D eigenvalue weighted by atomic mass is 16.7. The number of rotatable bonds is 6. The maximum absolute atomic E-state index is 11.4. The van der Waals surface area contributed by atoms with Crippen LogP contribution in [0.4, 0.5) is 0 Å². The molecule has 0 aromatic heterocycles. The van der Waals surface area contributed by atoms with E-state index in [1.54, 1.807) is 25.1 Å². The van der Waals surface area contributed by atoms with Crippen molar-refractivity contribution in [3.8, 4) is 11.5 Å². The number of oxime groups is 1. The van der Waals surface area contributed by atoms with Gasteiger partial charge in [0.25, 0.3) is 5.91 Å². The number of fused-ring (bicyclic) bond motifs is 1. The summed E-state index contributed by atoms with van der Waals surface area (Å²) >= 11 is 0. The molecule has 1 atom stereocenters. The maximum Gasteiger partial charge on any atom is 0.347 e. The number of hydrogen-bond donors (Lipinski definition) is 1. The summed E-state index contributed by atoms with van der Waals surface area (Å²) in [5.74, 6) is -0.162. The third-order valence-corrected chi connectivity index (χ3v) is 2.88. The molecule has 0 spiro atoms. The number of carbonyl (C=O) groups excluding carboxylic acids is 2. The molecule has 2 N–H and O–H groups in total. The maximum atomic E-state index is 11.4. The van der Waals surface area contributed by atoms with Crippen molar-refractivity contribution in [3.63, 3.8) is 0 Å². The second-order valence-corrected chi connectivity index (χ2v) is 4.55. The normalized spacial score (nSPS) is 14.4. The molecule has 1 aromatic rings. The third kappa shape index (κ3) is 3.87. The average molecular weight is 308 g/mol. The summed E-state index contributed by atoms with van der Waals surface area (Å²) in [5, 5.41) is 3.82. The Kier molecular flexibility index (Phi) is 4.82. The van der Waals surface area contributed by atoms with E-state index in [1.807, 2.05) is 0 Å². The van der Waals surface area contributed by atoms with Gasteiger partial charge in [-0.3, -0.25) is 4.79 Å². The summed E-state index contributed by atoms with van der Waals surface area (Å²) in [6.07, 6.45) is -1.00. The van der Waals surface area contributed by atoms with Crippen molar-refractivity contribution in [1.29, 1.82) is 0 Å². The van der Waals surface area contributed by atoms with Crippen molar-refractivity contribution in [2.24, 2.45) is 10.9 Å². The number of amides is 1. The first-order valence-electron chi connectivity index (χ1n) is 6.52. The Labute approximate surface area is 126 Å². The molecule has 0 aliphatic carbocycles. The van der Waals surface area contributed by atoms with Gasteiger partial charge in [0.2, 0.25) is 13.4 Å². The molecule has 1 aromatic carbocycles. The average Bonchev–Trinajstić information content (AvgIpc) is 2.94. The minimum absolute atomic E-state index is 0.190. The molecule has 8 heteroatoms. The Balaban J connectivity index is 1.87. The van der Waals surface area contributed by atoms with E-state index in [2.05, 4.69) is 5.16 Å². The summed E-state index contributed by atoms with van der Waals surface area (Å²) in [7, 11) is 0. The van der Waals surface area contributed by atoms with E-state index in [-0.39, 0.29) is 6.79 Å². The molecule has 0 saturated carbocycles. The van der Waals surface area contributed by atoms with Gasteiger partial charge in [0.15, 0.2) is 17.6 Å². The molecular formula is C14H16N2O6. The lowest BCUT2D eigenvalue weighted by molar-refractivity contribution is -0.158. The molecule has 1 heterocycles. The Hall–Kier alpha value is -2.77. The van der Waals surface area contributed by atoms with E-state index in [0.717, 1.165) is 5.56 Å². The summed E-state index contributed by atoms with van der Waals surface area (Å²) in [6.45, 7) is 2.87. The molecule has 0 radical (unpaired) electrons. The summed E-state index contributed by atoms with van der Waals surface area (Å²) in [5.41, 5.74) is 6.29. The minimum Gasteiger partial charge on any atom is -0.454 e. The van der Waals surface area contributed by atoms with E-state index in [1.165, 1.54) is 6.92 Å². The second kappa shape index (κ2) is 6.79. The molecular weight excluding hydrogens is 292 g/mol. The monoisotopic (exact) mass is 308 g/mol. The van der Waals surface area contributed by atoms with Gasteiger partial charge in [0.05, 0.1) is 5.71 Å². The number of primary amides is 1. The van der Waals surface area contributed by atoms with E-state index >= 15 is 0 Å². The molecule has 2 rings (SSSR count). The predicted molar refractivity (Wildman–Crippen MR) is 75.5 cm³/mol. The lowest BCUT2D eigenvalue weighted by Crippen LogP contribution is -2.31. The zero-order valence-electron chi connectivity index (χ0n) is 12.2. The third-order valence-electron chi connectivity index (χ3n) is 2.88. The first-order valence-corrected chi connectivity index (χ1v) is 6.52. The Morgan fingerprint density at radius 2 is 2.09 bits per heavy atom. The summed E-state index contributed by atoms with van der Waals surface area (Å²) in [6, 6.07) is 5.32. The smallest absolute Gasteiger partial charge is 0.347 e. The number of benzene rings is 1. The molecule has 0 bridgehead atoms. The zero-order valence-corrected chi connectivity index (χ0v) is 12.2. The van der Waals surface area contributed by atoms with Gasteiger partial charge in [0, 0.05) is 5.56 Å². The number of nitrogens with zero attached hydrogens (tertiary/aromatic N) is 1. The fourth-order valence-corrected chi connectivity index (χ4v) is 1.65. The van der Waals surface area contributed by atoms with E-state index in [4.69, 9.17) is 24.8 Å². The number of carbonyl (C=O) groups is 2. The first kappa shape index (κ1) is 15.6. The van der Waals surface area contributed by atoms with Crippen LogP contribution in [0, 0.1) is 0 Å². The van der Waals surface area contributed by atoms with Crippen molar-refractivity contribution in [3.05, 3.63) is 23.8 Å². The van der Waals surface area contributed by atoms with Crippen molar-refractivity contribution < 1.29 is 28.6 Å². The predicted octanol–water partition coefficient (Wildman–Crippen LogP) is 0.573. The minimum atomic E-state index is -1.00. The number of esters is 1. The van der Waals surface area contributed by atoms with Crippen molar-refractivity contribution >= 4 is 17.6 Å². The van der Waals surface area contributed by atoms with Gasteiger partial charge in [-0.05, 0) is 32.0 Å². The fraction of sp³-hybridized carbons (Fsp3) is 0.357. The van der Waals surface area contributed by atoms with Gasteiger partial charge in [-0.2, -0.15) is 0 Å². The highest BCUT2D eigenvalue weighted by Gasteiger charge is 2.16. The van der Waals surface area contributed by atoms with Crippen molar-refractivity contribution in [2.75, 3.05) is 13.4 Å². The van der Waals surface area contributed by atoms with Crippen LogP contribution in [0.2, 0.25) is 0 Å². The molecule has 8 nitrogen and oxygen atoms in total. The van der Waals surface area contributed by atoms with E-state index in [0.29, 0.717) is 17.2 Å².